The molecule has 0 aromatic carbocycles. The second-order valence-corrected chi connectivity index (χ2v) is 6.53. The molecule has 1 unspecified atom stereocenters. The van der Waals surface area contributed by atoms with E-state index in [-0.39, 0.29) is 5.41 Å². The molecule has 0 aliphatic rings. The van der Waals surface area contributed by atoms with Gasteiger partial charge in [-0.05, 0) is 24.0 Å². The van der Waals surface area contributed by atoms with E-state index >= 15 is 0 Å². The van der Waals surface area contributed by atoms with Gasteiger partial charge in [0.15, 0.2) is 0 Å². The summed E-state index contributed by atoms with van der Waals surface area (Å²) >= 11 is 1.86. The Kier molecular flexibility index (Phi) is 5.17. The highest BCUT2D eigenvalue weighted by molar-refractivity contribution is 7.12. The largest absolute Gasteiger partial charge is 0.308 e. The van der Waals surface area contributed by atoms with Gasteiger partial charge in [-0.2, -0.15) is 5.26 Å². The molecule has 94 valence electrons. The summed E-state index contributed by atoms with van der Waals surface area (Å²) in [7, 11) is 0. The zero-order chi connectivity index (χ0) is 12.9. The van der Waals surface area contributed by atoms with Gasteiger partial charge in [0.2, 0.25) is 0 Å². The molecule has 1 atom stereocenters. The maximum atomic E-state index is 8.69. The van der Waals surface area contributed by atoms with Gasteiger partial charge >= 0.3 is 0 Å². The number of rotatable bonds is 5. The number of nitrogens with one attached hydrogen (secondary N) is 1. The molecule has 17 heavy (non-hydrogen) atoms. The van der Waals surface area contributed by atoms with Crippen LogP contribution in [0.5, 0.6) is 0 Å². The van der Waals surface area contributed by atoms with E-state index in [4.69, 9.17) is 5.26 Å². The highest BCUT2D eigenvalue weighted by atomic mass is 32.1. The summed E-state index contributed by atoms with van der Waals surface area (Å²) in [5.74, 6) is 0. The third-order valence-electron chi connectivity index (χ3n) is 2.80. The van der Waals surface area contributed by atoms with Gasteiger partial charge in [-0.3, -0.25) is 0 Å². The van der Waals surface area contributed by atoms with Crippen LogP contribution in [0.25, 0.3) is 0 Å². The van der Waals surface area contributed by atoms with Crippen molar-refractivity contribution in [1.82, 2.24) is 5.32 Å². The first kappa shape index (κ1) is 14.2. The first-order chi connectivity index (χ1) is 7.97. The van der Waals surface area contributed by atoms with Crippen LogP contribution in [0.3, 0.4) is 0 Å². The van der Waals surface area contributed by atoms with Gasteiger partial charge in [-0.15, -0.1) is 11.3 Å². The van der Waals surface area contributed by atoms with Crippen LogP contribution < -0.4 is 5.32 Å². The predicted octanol–water partition coefficient (Wildman–Crippen LogP) is 3.83. The number of hydrogen-bond donors (Lipinski definition) is 1. The van der Waals surface area contributed by atoms with Gasteiger partial charge in [0, 0.05) is 22.3 Å². The van der Waals surface area contributed by atoms with E-state index in [1.54, 1.807) is 0 Å². The number of nitriles is 1. The molecule has 1 N–H and O–H groups in total. The van der Waals surface area contributed by atoms with E-state index in [0.29, 0.717) is 12.5 Å². The lowest BCUT2D eigenvalue weighted by atomic mass is 9.95. The van der Waals surface area contributed by atoms with E-state index in [9.17, 15) is 0 Å². The second kappa shape index (κ2) is 6.18. The lowest BCUT2D eigenvalue weighted by Gasteiger charge is -2.15. The van der Waals surface area contributed by atoms with E-state index in [0.717, 1.165) is 13.0 Å². The van der Waals surface area contributed by atoms with Crippen molar-refractivity contribution in [2.24, 2.45) is 0 Å². The molecule has 0 bridgehead atoms. The average Bonchev–Trinajstić information content (AvgIpc) is 2.72. The third kappa shape index (κ3) is 4.49. The van der Waals surface area contributed by atoms with Crippen molar-refractivity contribution >= 4 is 11.3 Å². The molecule has 0 saturated carbocycles. The highest BCUT2D eigenvalue weighted by Crippen LogP contribution is 2.29. The monoisotopic (exact) mass is 250 g/mol. The van der Waals surface area contributed by atoms with Crippen molar-refractivity contribution in [1.29, 1.82) is 5.26 Å². The Balaban J connectivity index is 2.53. The summed E-state index contributed by atoms with van der Waals surface area (Å²) in [6.07, 6.45) is 1.60. The minimum Gasteiger partial charge on any atom is -0.308 e. The number of hydrogen-bond acceptors (Lipinski definition) is 3. The average molecular weight is 250 g/mol. The summed E-state index contributed by atoms with van der Waals surface area (Å²) < 4.78 is 0. The van der Waals surface area contributed by atoms with Crippen LogP contribution in [-0.4, -0.2) is 6.04 Å². The fourth-order valence-electron chi connectivity index (χ4n) is 1.59. The minimum atomic E-state index is 0.236. The molecular weight excluding hydrogens is 228 g/mol. The molecule has 1 aromatic rings. The highest BCUT2D eigenvalue weighted by Gasteiger charge is 2.16. The molecule has 0 fully saturated rings. The predicted molar refractivity (Wildman–Crippen MR) is 74.2 cm³/mol. The van der Waals surface area contributed by atoms with Crippen LogP contribution in [0.4, 0.5) is 0 Å². The zero-order valence-electron chi connectivity index (χ0n) is 11.2. The number of nitrogens with zero attached hydrogens (tertiary/aromatic N) is 1. The Bertz CT molecular complexity index is 382. The molecule has 0 radical (unpaired) electrons. The fourth-order valence-corrected chi connectivity index (χ4v) is 2.61. The van der Waals surface area contributed by atoms with Crippen molar-refractivity contribution in [3.8, 4) is 6.07 Å². The smallest absolute Gasteiger partial charge is 0.0638 e. The molecule has 1 rings (SSSR count). The Labute approximate surface area is 109 Å². The van der Waals surface area contributed by atoms with Gasteiger partial charge in [-0.1, -0.05) is 27.7 Å². The molecule has 3 heteroatoms. The third-order valence-corrected chi connectivity index (χ3v) is 4.31. The molecule has 0 aliphatic carbocycles. The maximum Gasteiger partial charge on any atom is 0.0638 e. The van der Waals surface area contributed by atoms with Crippen molar-refractivity contribution in [2.75, 3.05) is 0 Å². The Hall–Kier alpha value is -0.850. The molecule has 0 aliphatic heterocycles. The van der Waals surface area contributed by atoms with E-state index in [1.165, 1.54) is 9.75 Å². The molecule has 0 saturated heterocycles. The summed E-state index contributed by atoms with van der Waals surface area (Å²) in [6.45, 7) is 9.70. The topological polar surface area (TPSA) is 35.8 Å². The quantitative estimate of drug-likeness (QED) is 0.862. The first-order valence-electron chi connectivity index (χ1n) is 6.17. The van der Waals surface area contributed by atoms with E-state index < -0.39 is 0 Å². The van der Waals surface area contributed by atoms with Crippen molar-refractivity contribution in [3.05, 3.63) is 21.9 Å². The van der Waals surface area contributed by atoms with Crippen molar-refractivity contribution < 1.29 is 0 Å². The summed E-state index contributed by atoms with van der Waals surface area (Å²) in [5.41, 5.74) is 0.236. The molecule has 0 spiro atoms. The van der Waals surface area contributed by atoms with Crippen molar-refractivity contribution in [3.63, 3.8) is 0 Å². The fraction of sp³-hybridized carbons (Fsp3) is 0.643. The lowest BCUT2D eigenvalue weighted by Crippen LogP contribution is -2.26. The van der Waals surface area contributed by atoms with Gasteiger partial charge < -0.3 is 5.32 Å². The summed E-state index contributed by atoms with van der Waals surface area (Å²) in [5, 5.41) is 12.1. The van der Waals surface area contributed by atoms with Gasteiger partial charge in [-0.25, -0.2) is 0 Å². The van der Waals surface area contributed by atoms with Crippen LogP contribution in [0.2, 0.25) is 0 Å². The lowest BCUT2D eigenvalue weighted by molar-refractivity contribution is 0.507. The zero-order valence-corrected chi connectivity index (χ0v) is 12.0. The van der Waals surface area contributed by atoms with Crippen LogP contribution in [0, 0.1) is 11.3 Å². The first-order valence-corrected chi connectivity index (χ1v) is 6.98. The Morgan fingerprint density at radius 1 is 1.41 bits per heavy atom. The van der Waals surface area contributed by atoms with Gasteiger partial charge in [0.05, 0.1) is 12.5 Å². The molecule has 1 aromatic heterocycles. The van der Waals surface area contributed by atoms with Crippen molar-refractivity contribution in [2.45, 2.75) is 58.5 Å². The van der Waals surface area contributed by atoms with Gasteiger partial charge in [0.1, 0.15) is 0 Å². The Morgan fingerprint density at radius 2 is 2.12 bits per heavy atom. The van der Waals surface area contributed by atoms with Crippen LogP contribution in [0.15, 0.2) is 12.1 Å². The second-order valence-electron chi connectivity index (χ2n) is 5.36. The van der Waals surface area contributed by atoms with Gasteiger partial charge in [0.25, 0.3) is 0 Å². The summed E-state index contributed by atoms with van der Waals surface area (Å²) in [6, 6.07) is 6.95. The van der Waals surface area contributed by atoms with Crippen LogP contribution in [-0.2, 0) is 12.0 Å². The molecular formula is C14H22N2S. The minimum absolute atomic E-state index is 0.236. The number of thiophene rings is 1. The standard InChI is InChI=1S/C14H22N2S/c1-5-11(8-9-15)16-10-12-6-7-13(17-12)14(2,3)4/h6-7,11,16H,5,8,10H2,1-4H3. The van der Waals surface area contributed by atoms with E-state index in [2.05, 4.69) is 51.2 Å². The Morgan fingerprint density at radius 3 is 2.59 bits per heavy atom. The molecule has 1 heterocycles. The van der Waals surface area contributed by atoms with E-state index in [1.807, 2.05) is 11.3 Å². The molecule has 2 nitrogen and oxygen atoms in total. The van der Waals surface area contributed by atoms with Crippen LogP contribution in [0.1, 0.15) is 50.3 Å². The summed E-state index contributed by atoms with van der Waals surface area (Å²) in [4.78, 5) is 2.77. The molecule has 0 amide bonds. The van der Waals surface area contributed by atoms with Crippen LogP contribution >= 0.6 is 11.3 Å². The normalized spacial score (nSPS) is 13.4. The SMILES string of the molecule is CCC(CC#N)NCc1ccc(C(C)(C)C)s1. The maximum absolute atomic E-state index is 8.69.